The second kappa shape index (κ2) is 9.39. The van der Waals surface area contributed by atoms with Gasteiger partial charge >= 0.3 is 0 Å². The maximum Gasteiger partial charge on any atom is 0.250 e. The average molecular weight is 300 g/mol. The van der Waals surface area contributed by atoms with Gasteiger partial charge in [0.05, 0.1) is 0 Å². The molecule has 0 spiro atoms. The molecule has 22 heavy (non-hydrogen) atoms. The Kier molecular flexibility index (Phi) is 7.14. The molecule has 0 saturated heterocycles. The van der Waals surface area contributed by atoms with Crippen LogP contribution in [0.1, 0.15) is 63.9 Å². The van der Waals surface area contributed by atoms with Crippen LogP contribution in [0.3, 0.4) is 0 Å². The monoisotopic (exact) mass is 300 g/mol. The van der Waals surface area contributed by atoms with Gasteiger partial charge in [0.1, 0.15) is 11.9 Å². The van der Waals surface area contributed by atoms with Crippen molar-refractivity contribution in [3.8, 4) is 0 Å². The normalized spacial score (nSPS) is 17.4. The van der Waals surface area contributed by atoms with Crippen molar-refractivity contribution in [1.29, 1.82) is 0 Å². The van der Waals surface area contributed by atoms with E-state index in [4.69, 9.17) is 0 Å². The molecule has 0 unspecified atom stereocenters. The van der Waals surface area contributed by atoms with Gasteiger partial charge in [-0.2, -0.15) is 0 Å². The summed E-state index contributed by atoms with van der Waals surface area (Å²) in [6.07, 6.45) is 10.6. The summed E-state index contributed by atoms with van der Waals surface area (Å²) in [4.78, 5) is 16.5. The Balaban J connectivity index is 1.67. The highest BCUT2D eigenvalue weighted by Crippen LogP contribution is 2.13. The fraction of sp³-hybridized carbons (Fsp3) is 0.579. The van der Waals surface area contributed by atoms with Crippen LogP contribution in [-0.2, 0) is 11.2 Å². The van der Waals surface area contributed by atoms with Crippen LogP contribution in [0.5, 0.6) is 0 Å². The Morgan fingerprint density at radius 1 is 1.00 bits per heavy atom. The lowest BCUT2D eigenvalue weighted by Gasteiger charge is -2.03. The number of rotatable bonds is 10. The number of hydrogen-bond donors (Lipinski definition) is 1. The van der Waals surface area contributed by atoms with E-state index >= 15 is 0 Å². The van der Waals surface area contributed by atoms with Gasteiger partial charge in [-0.05, 0) is 12.0 Å². The Bertz CT molecular complexity index is 481. The molecule has 0 fully saturated rings. The minimum Gasteiger partial charge on any atom is -0.313 e. The van der Waals surface area contributed by atoms with Crippen LogP contribution in [0.4, 0.5) is 0 Å². The summed E-state index contributed by atoms with van der Waals surface area (Å²) in [7, 11) is 0. The average Bonchev–Trinajstić information content (AvgIpc) is 2.87. The zero-order valence-corrected chi connectivity index (χ0v) is 13.7. The number of amides is 1. The second-order valence-electron chi connectivity index (χ2n) is 6.14. The number of amidine groups is 1. The number of unbranched alkanes of at least 4 members (excludes halogenated alkanes) is 6. The second-order valence-corrected chi connectivity index (χ2v) is 6.14. The van der Waals surface area contributed by atoms with E-state index in [1.807, 2.05) is 18.2 Å². The van der Waals surface area contributed by atoms with E-state index in [-0.39, 0.29) is 11.9 Å². The zero-order valence-electron chi connectivity index (χ0n) is 13.7. The van der Waals surface area contributed by atoms with Gasteiger partial charge in [-0.25, -0.2) is 0 Å². The van der Waals surface area contributed by atoms with Crippen molar-refractivity contribution in [2.45, 2.75) is 70.8 Å². The summed E-state index contributed by atoms with van der Waals surface area (Å²) in [5.74, 6) is 0.946. The van der Waals surface area contributed by atoms with Gasteiger partial charge in [0.2, 0.25) is 5.91 Å². The van der Waals surface area contributed by atoms with Crippen LogP contribution in [0.15, 0.2) is 35.3 Å². The highest BCUT2D eigenvalue weighted by Gasteiger charge is 2.25. The van der Waals surface area contributed by atoms with Crippen molar-refractivity contribution in [2.24, 2.45) is 4.99 Å². The zero-order chi connectivity index (χ0) is 15.6. The van der Waals surface area contributed by atoms with Crippen LogP contribution < -0.4 is 5.32 Å². The Labute approximate surface area is 134 Å². The summed E-state index contributed by atoms with van der Waals surface area (Å²) >= 11 is 0. The maximum absolute atomic E-state index is 12.0. The number of carbonyl (C=O) groups is 1. The molecule has 1 aliphatic heterocycles. The van der Waals surface area contributed by atoms with E-state index in [1.165, 1.54) is 44.1 Å². The van der Waals surface area contributed by atoms with E-state index in [0.29, 0.717) is 6.42 Å². The summed E-state index contributed by atoms with van der Waals surface area (Å²) < 4.78 is 0. The van der Waals surface area contributed by atoms with E-state index in [0.717, 1.165) is 18.7 Å². The Morgan fingerprint density at radius 2 is 1.68 bits per heavy atom. The summed E-state index contributed by atoms with van der Waals surface area (Å²) in [5.41, 5.74) is 1.17. The lowest BCUT2D eigenvalue weighted by Crippen LogP contribution is -2.29. The Morgan fingerprint density at radius 3 is 2.41 bits per heavy atom. The molecule has 3 heteroatoms. The van der Waals surface area contributed by atoms with Crippen molar-refractivity contribution in [1.82, 2.24) is 5.32 Å². The third-order valence-electron chi connectivity index (χ3n) is 4.17. The first-order valence-electron chi connectivity index (χ1n) is 8.71. The summed E-state index contributed by atoms with van der Waals surface area (Å²) in [6.45, 7) is 2.24. The van der Waals surface area contributed by atoms with Gasteiger partial charge in [0.15, 0.2) is 0 Å². The Hall–Kier alpha value is -1.64. The van der Waals surface area contributed by atoms with Gasteiger partial charge in [0, 0.05) is 12.8 Å². The highest BCUT2D eigenvalue weighted by atomic mass is 16.2. The van der Waals surface area contributed by atoms with Crippen molar-refractivity contribution < 1.29 is 4.79 Å². The quantitative estimate of drug-likeness (QED) is 0.644. The molecule has 1 heterocycles. The predicted molar refractivity (Wildman–Crippen MR) is 92.1 cm³/mol. The molecule has 0 radical (unpaired) electrons. The van der Waals surface area contributed by atoms with E-state index in [2.05, 4.69) is 29.4 Å². The molecule has 0 aromatic heterocycles. The number of hydrogen-bond acceptors (Lipinski definition) is 2. The molecule has 3 nitrogen and oxygen atoms in total. The minimum atomic E-state index is -0.234. The lowest BCUT2D eigenvalue weighted by atomic mass is 10.1. The maximum atomic E-state index is 12.0. The summed E-state index contributed by atoms with van der Waals surface area (Å²) in [5, 5.41) is 2.95. The molecule has 0 saturated carbocycles. The molecule has 0 aliphatic carbocycles. The van der Waals surface area contributed by atoms with Crippen molar-refractivity contribution in [2.75, 3.05) is 0 Å². The largest absolute Gasteiger partial charge is 0.313 e. The van der Waals surface area contributed by atoms with Gasteiger partial charge < -0.3 is 5.32 Å². The van der Waals surface area contributed by atoms with Crippen LogP contribution >= 0.6 is 0 Å². The molecule has 1 aromatic carbocycles. The molecule has 1 atom stereocenters. The molecular weight excluding hydrogens is 272 g/mol. The molecule has 1 aromatic rings. The number of nitrogens with one attached hydrogen (secondary N) is 1. The highest BCUT2D eigenvalue weighted by molar-refractivity contribution is 6.05. The van der Waals surface area contributed by atoms with Crippen molar-refractivity contribution >= 4 is 11.7 Å². The number of aliphatic imine (C=N–C) groups is 1. The SMILES string of the molecule is CCCCCCCCCC1=N[C@@H](Cc2ccccc2)C(=O)N1. The third-order valence-corrected chi connectivity index (χ3v) is 4.17. The topological polar surface area (TPSA) is 41.5 Å². The predicted octanol–water partition coefficient (Wildman–Crippen LogP) is 4.27. The van der Waals surface area contributed by atoms with Crippen molar-refractivity contribution in [3.05, 3.63) is 35.9 Å². The molecular formula is C19H28N2O. The first kappa shape index (κ1) is 16.7. The molecule has 0 bridgehead atoms. The number of carbonyl (C=O) groups excluding carboxylic acids is 1. The first-order valence-corrected chi connectivity index (χ1v) is 8.71. The molecule has 1 aliphatic rings. The van der Waals surface area contributed by atoms with E-state index < -0.39 is 0 Å². The third kappa shape index (κ3) is 5.63. The minimum absolute atomic E-state index is 0.0572. The first-order chi connectivity index (χ1) is 10.8. The molecule has 1 amide bonds. The fourth-order valence-electron chi connectivity index (χ4n) is 2.86. The van der Waals surface area contributed by atoms with Crippen LogP contribution in [-0.4, -0.2) is 17.8 Å². The van der Waals surface area contributed by atoms with E-state index in [1.54, 1.807) is 0 Å². The van der Waals surface area contributed by atoms with Crippen LogP contribution in [0, 0.1) is 0 Å². The standard InChI is InChI=1S/C19H28N2O/c1-2-3-4-5-6-7-11-14-18-20-17(19(22)21-18)15-16-12-9-8-10-13-16/h8-10,12-13,17H,2-7,11,14-15H2,1H3,(H,20,21,22)/t17-/m0/s1. The van der Waals surface area contributed by atoms with Crippen LogP contribution in [0.2, 0.25) is 0 Å². The molecule has 120 valence electrons. The smallest absolute Gasteiger partial charge is 0.250 e. The van der Waals surface area contributed by atoms with Crippen molar-refractivity contribution in [3.63, 3.8) is 0 Å². The lowest BCUT2D eigenvalue weighted by molar-refractivity contribution is -0.120. The number of nitrogens with zero attached hydrogens (tertiary/aromatic N) is 1. The molecule has 1 N–H and O–H groups in total. The van der Waals surface area contributed by atoms with Gasteiger partial charge in [-0.1, -0.05) is 75.8 Å². The van der Waals surface area contributed by atoms with Crippen LogP contribution in [0.25, 0.3) is 0 Å². The fourth-order valence-corrected chi connectivity index (χ4v) is 2.86. The van der Waals surface area contributed by atoms with E-state index in [9.17, 15) is 4.79 Å². The van der Waals surface area contributed by atoms with Gasteiger partial charge in [-0.3, -0.25) is 9.79 Å². The van der Waals surface area contributed by atoms with Gasteiger partial charge in [0.25, 0.3) is 0 Å². The summed E-state index contributed by atoms with van der Waals surface area (Å²) in [6, 6.07) is 9.88. The van der Waals surface area contributed by atoms with Gasteiger partial charge in [-0.15, -0.1) is 0 Å². The molecule has 2 rings (SSSR count). The number of benzene rings is 1.